The van der Waals surface area contributed by atoms with Crippen molar-refractivity contribution < 1.29 is 69.6 Å². The van der Waals surface area contributed by atoms with Crippen molar-refractivity contribution in [3.63, 3.8) is 0 Å². The molecule has 3 aliphatic rings. The molecule has 3 saturated heterocycles. The van der Waals surface area contributed by atoms with Crippen LogP contribution >= 0.6 is 0 Å². The lowest BCUT2D eigenvalue weighted by atomic mass is 9.99. The smallest absolute Gasteiger partial charge is 0.186 e. The van der Waals surface area contributed by atoms with Crippen LogP contribution < -0.4 is 0 Å². The van der Waals surface area contributed by atoms with E-state index in [9.17, 15) is 46.0 Å². The van der Waals surface area contributed by atoms with Crippen LogP contribution in [0.2, 0.25) is 0 Å². The molecule has 14 heteroatoms. The fourth-order valence-corrected chi connectivity index (χ4v) is 3.89. The van der Waals surface area contributed by atoms with Crippen molar-refractivity contribution in [2.75, 3.05) is 19.8 Å². The van der Waals surface area contributed by atoms with E-state index in [0.717, 1.165) is 0 Å². The number of ether oxygens (including phenoxy) is 5. The number of hydrogen-bond acceptors (Lipinski definition) is 14. The normalized spacial score (nSPS) is 50.3. The zero-order chi connectivity index (χ0) is 23.6. The van der Waals surface area contributed by atoms with Gasteiger partial charge in [0.1, 0.15) is 42.7 Å². The number of hydrogen-bond donors (Lipinski definition) is 9. The summed E-state index contributed by atoms with van der Waals surface area (Å²) in [7, 11) is 0. The second-order valence-corrected chi connectivity index (χ2v) is 8.18. The largest absolute Gasteiger partial charge is 0.394 e. The van der Waals surface area contributed by atoms with E-state index in [4.69, 9.17) is 23.7 Å². The molecule has 3 rings (SSSR count). The predicted octanol–water partition coefficient (Wildman–Crippen LogP) is -5.51. The maximum absolute atomic E-state index is 10.2. The molecule has 3 fully saturated rings. The average Bonchev–Trinajstić information content (AvgIpc) is 2.76. The van der Waals surface area contributed by atoms with Crippen LogP contribution in [0, 0.1) is 0 Å². The third-order valence-corrected chi connectivity index (χ3v) is 5.82. The molecule has 0 radical (unpaired) electrons. The number of aliphatic hydroxyl groups excluding tert-OH is 9. The summed E-state index contributed by atoms with van der Waals surface area (Å²) in [6.07, 6.45) is -17.3. The van der Waals surface area contributed by atoms with E-state index in [1.54, 1.807) is 0 Å². The minimum atomic E-state index is -1.68. The van der Waals surface area contributed by atoms with Crippen LogP contribution in [-0.2, 0) is 23.7 Å². The van der Waals surface area contributed by atoms with Gasteiger partial charge in [-0.1, -0.05) is 0 Å². The highest BCUT2D eigenvalue weighted by molar-refractivity contribution is 4.90. The molecule has 9 N–H and O–H groups in total. The van der Waals surface area contributed by atoms with Gasteiger partial charge in [-0.2, -0.15) is 0 Å². The third kappa shape index (κ3) is 5.73. The molecule has 13 atom stereocenters. The zero-order valence-corrected chi connectivity index (χ0v) is 17.1. The van der Waals surface area contributed by atoms with Crippen molar-refractivity contribution in [1.82, 2.24) is 0 Å². The summed E-state index contributed by atoms with van der Waals surface area (Å²) in [6.45, 7) is -1.43. The first-order valence-corrected chi connectivity index (χ1v) is 10.4. The van der Waals surface area contributed by atoms with Gasteiger partial charge in [0.15, 0.2) is 18.9 Å². The summed E-state index contributed by atoms with van der Waals surface area (Å²) in [5.41, 5.74) is 0. The van der Waals surface area contributed by atoms with Crippen LogP contribution in [0.4, 0.5) is 0 Å². The van der Waals surface area contributed by atoms with Gasteiger partial charge < -0.3 is 69.6 Å². The van der Waals surface area contributed by atoms with E-state index in [-0.39, 0.29) is 19.4 Å². The maximum atomic E-state index is 10.2. The SMILES string of the molecule is OC[C@H]1O[C@H](OC[C@@H]2C[C@H](O[C@H]3O[C@H](CO)[C@@H](O)C[C@@H]3O)[C@H](O)[C@@H](O)O2)[C@@H](O)[C@@H](O)[C@@H]1O. The molecule has 0 amide bonds. The van der Waals surface area contributed by atoms with Gasteiger partial charge in [-0.15, -0.1) is 0 Å². The fraction of sp³-hybridized carbons (Fsp3) is 1.00. The van der Waals surface area contributed by atoms with Gasteiger partial charge in [-0.3, -0.25) is 0 Å². The van der Waals surface area contributed by atoms with Crippen molar-refractivity contribution in [3.8, 4) is 0 Å². The Balaban J connectivity index is 1.57. The van der Waals surface area contributed by atoms with E-state index < -0.39 is 93.1 Å². The monoisotopic (exact) mass is 472 g/mol. The van der Waals surface area contributed by atoms with E-state index in [1.807, 2.05) is 0 Å². The van der Waals surface area contributed by atoms with E-state index >= 15 is 0 Å². The van der Waals surface area contributed by atoms with Crippen LogP contribution in [0.1, 0.15) is 12.8 Å². The van der Waals surface area contributed by atoms with Crippen LogP contribution in [0.3, 0.4) is 0 Å². The Morgan fingerprint density at radius 3 is 1.97 bits per heavy atom. The van der Waals surface area contributed by atoms with Crippen LogP contribution in [0.15, 0.2) is 0 Å². The van der Waals surface area contributed by atoms with Crippen LogP contribution in [0.5, 0.6) is 0 Å². The molecule has 0 saturated carbocycles. The molecular weight excluding hydrogens is 440 g/mol. The highest BCUT2D eigenvalue weighted by Gasteiger charge is 2.46. The molecule has 188 valence electrons. The summed E-state index contributed by atoms with van der Waals surface area (Å²) >= 11 is 0. The van der Waals surface area contributed by atoms with Crippen LogP contribution in [0.25, 0.3) is 0 Å². The van der Waals surface area contributed by atoms with Gasteiger partial charge in [0.05, 0.1) is 38.1 Å². The van der Waals surface area contributed by atoms with Crippen molar-refractivity contribution in [2.24, 2.45) is 0 Å². The molecule has 0 spiro atoms. The summed E-state index contributed by atoms with van der Waals surface area (Å²) < 4.78 is 26.8. The van der Waals surface area contributed by atoms with Gasteiger partial charge in [0.2, 0.25) is 0 Å². The van der Waals surface area contributed by atoms with E-state index in [2.05, 4.69) is 0 Å². The van der Waals surface area contributed by atoms with Crippen molar-refractivity contribution in [3.05, 3.63) is 0 Å². The molecule has 32 heavy (non-hydrogen) atoms. The standard InChI is InChI=1S/C18H32O14/c19-3-10-7(21)2-8(22)17(31-10)30-9-1-6(29-16(27)13(9)24)5-28-18-15(26)14(25)12(23)11(4-20)32-18/h6-27H,1-5H2/t6-,7-,8-,9-,10+,11+,12+,13-,14-,15-,16-,17-,18-/m0/s1. The Labute approximate surface area is 183 Å². The van der Waals surface area contributed by atoms with Crippen molar-refractivity contribution in [1.29, 1.82) is 0 Å². The molecule has 0 aromatic carbocycles. The van der Waals surface area contributed by atoms with Gasteiger partial charge in [0, 0.05) is 12.8 Å². The molecule has 0 bridgehead atoms. The first-order chi connectivity index (χ1) is 15.2. The Hall–Kier alpha value is -0.560. The van der Waals surface area contributed by atoms with Crippen molar-refractivity contribution in [2.45, 2.75) is 92.8 Å². The highest BCUT2D eigenvalue weighted by Crippen LogP contribution is 2.29. The Morgan fingerprint density at radius 2 is 1.31 bits per heavy atom. The predicted molar refractivity (Wildman–Crippen MR) is 98.5 cm³/mol. The summed E-state index contributed by atoms with van der Waals surface area (Å²) in [5.74, 6) is 0. The highest BCUT2D eigenvalue weighted by atomic mass is 16.7. The zero-order valence-electron chi connectivity index (χ0n) is 17.1. The van der Waals surface area contributed by atoms with E-state index in [1.165, 1.54) is 0 Å². The Kier molecular flexibility index (Phi) is 9.15. The second kappa shape index (κ2) is 11.2. The topological polar surface area (TPSA) is 228 Å². The third-order valence-electron chi connectivity index (χ3n) is 5.82. The summed E-state index contributed by atoms with van der Waals surface area (Å²) in [5, 5.41) is 88.3. The molecular formula is C18H32O14. The average molecular weight is 472 g/mol. The summed E-state index contributed by atoms with van der Waals surface area (Å²) in [4.78, 5) is 0. The summed E-state index contributed by atoms with van der Waals surface area (Å²) in [6, 6.07) is 0. The van der Waals surface area contributed by atoms with E-state index in [0.29, 0.717) is 0 Å². The molecule has 0 aromatic rings. The Bertz CT molecular complexity index is 580. The molecule has 3 heterocycles. The number of aliphatic hydroxyl groups is 9. The van der Waals surface area contributed by atoms with Gasteiger partial charge in [-0.05, 0) is 0 Å². The van der Waals surface area contributed by atoms with Crippen LogP contribution in [-0.4, -0.2) is 146 Å². The molecule has 0 aromatic heterocycles. The Morgan fingerprint density at radius 1 is 0.656 bits per heavy atom. The first kappa shape index (κ1) is 26.1. The fourth-order valence-electron chi connectivity index (χ4n) is 3.89. The lowest BCUT2D eigenvalue weighted by Gasteiger charge is -2.43. The lowest BCUT2D eigenvalue weighted by Crippen LogP contribution is -2.60. The minimum Gasteiger partial charge on any atom is -0.394 e. The first-order valence-electron chi connectivity index (χ1n) is 10.4. The van der Waals surface area contributed by atoms with Gasteiger partial charge >= 0.3 is 0 Å². The minimum absolute atomic E-state index is 0.0470. The lowest BCUT2D eigenvalue weighted by molar-refractivity contribution is -0.334. The molecule has 0 unspecified atom stereocenters. The molecule has 0 aliphatic carbocycles. The second-order valence-electron chi connectivity index (χ2n) is 8.18. The van der Waals surface area contributed by atoms with Gasteiger partial charge in [-0.25, -0.2) is 0 Å². The molecule has 3 aliphatic heterocycles. The molecule has 14 nitrogen and oxygen atoms in total. The number of rotatable bonds is 7. The maximum Gasteiger partial charge on any atom is 0.186 e. The van der Waals surface area contributed by atoms with Crippen molar-refractivity contribution >= 4 is 0 Å². The van der Waals surface area contributed by atoms with Gasteiger partial charge in [0.25, 0.3) is 0 Å². The quantitative estimate of drug-likeness (QED) is 0.168.